The number of nitrogens with zero attached hydrogens (tertiary/aromatic N) is 1. The minimum absolute atomic E-state index is 0.290. The number of hydrogen-bond acceptors (Lipinski definition) is 0. The summed E-state index contributed by atoms with van der Waals surface area (Å²) in [5, 5.41) is 0. The van der Waals surface area contributed by atoms with Gasteiger partial charge in [0.2, 0.25) is 0 Å². The van der Waals surface area contributed by atoms with E-state index in [0.717, 1.165) is 11.0 Å². The molecule has 0 aromatic heterocycles. The average Bonchev–Trinajstić information content (AvgIpc) is 2.15. The molecule has 0 rings (SSSR count). The Morgan fingerprint density at radius 1 is 1.27 bits per heavy atom. The topological polar surface area (TPSA) is 0 Å². The van der Waals surface area contributed by atoms with Crippen LogP contribution < -0.4 is 0 Å². The zero-order valence-electron chi connectivity index (χ0n) is 10.2. The standard InChI is InChI=1S/C11H23Br2ClN/c1-5-8-15(6-2,7-3)9-10(12)11(4,13)14/h10H,5-9H2,1-4H3/q+1. The van der Waals surface area contributed by atoms with E-state index in [1.165, 1.54) is 26.1 Å². The lowest BCUT2D eigenvalue weighted by Gasteiger charge is -2.40. The first-order chi connectivity index (χ1) is 6.81. The Labute approximate surface area is 116 Å². The van der Waals surface area contributed by atoms with E-state index in [2.05, 4.69) is 52.6 Å². The normalized spacial score (nSPS) is 18.6. The van der Waals surface area contributed by atoms with Crippen LogP contribution in [0.25, 0.3) is 0 Å². The van der Waals surface area contributed by atoms with Crippen LogP contribution in [0.2, 0.25) is 0 Å². The minimum atomic E-state index is -0.353. The van der Waals surface area contributed by atoms with Crippen molar-refractivity contribution in [2.24, 2.45) is 0 Å². The van der Waals surface area contributed by atoms with Gasteiger partial charge in [-0.05, 0) is 27.2 Å². The second-order valence-corrected chi connectivity index (χ2v) is 8.30. The fraction of sp³-hybridized carbons (Fsp3) is 1.00. The first-order valence-corrected chi connectivity index (χ1v) is 7.77. The molecule has 0 N–H and O–H groups in total. The van der Waals surface area contributed by atoms with Gasteiger partial charge in [-0.2, -0.15) is 0 Å². The van der Waals surface area contributed by atoms with Crippen molar-refractivity contribution in [3.63, 3.8) is 0 Å². The van der Waals surface area contributed by atoms with Gasteiger partial charge in [-0.1, -0.05) is 38.8 Å². The Balaban J connectivity index is 4.53. The second-order valence-electron chi connectivity index (χ2n) is 4.30. The van der Waals surface area contributed by atoms with Crippen LogP contribution in [-0.2, 0) is 0 Å². The van der Waals surface area contributed by atoms with Crippen molar-refractivity contribution in [3.05, 3.63) is 0 Å². The molecule has 0 spiro atoms. The summed E-state index contributed by atoms with van der Waals surface area (Å²) >= 11 is 13.5. The van der Waals surface area contributed by atoms with Crippen LogP contribution in [0.4, 0.5) is 0 Å². The van der Waals surface area contributed by atoms with E-state index in [9.17, 15) is 0 Å². The van der Waals surface area contributed by atoms with Crippen molar-refractivity contribution in [1.82, 2.24) is 0 Å². The summed E-state index contributed by atoms with van der Waals surface area (Å²) in [6.45, 7) is 13.4. The molecule has 92 valence electrons. The van der Waals surface area contributed by atoms with Crippen LogP contribution in [0, 0.1) is 0 Å². The Morgan fingerprint density at radius 3 is 2.00 bits per heavy atom. The maximum atomic E-state index is 6.26. The molecule has 0 saturated carbocycles. The molecule has 0 bridgehead atoms. The van der Waals surface area contributed by atoms with Crippen LogP contribution in [0.15, 0.2) is 0 Å². The van der Waals surface area contributed by atoms with Gasteiger partial charge >= 0.3 is 0 Å². The van der Waals surface area contributed by atoms with Gasteiger partial charge in [0.1, 0.15) is 3.78 Å². The van der Waals surface area contributed by atoms with Gasteiger partial charge in [0, 0.05) is 0 Å². The number of halogens is 3. The summed E-state index contributed by atoms with van der Waals surface area (Å²) in [5.41, 5.74) is 0. The molecule has 1 nitrogen and oxygen atoms in total. The van der Waals surface area contributed by atoms with Crippen molar-refractivity contribution in [2.45, 2.75) is 42.7 Å². The Hall–Kier alpha value is 1.21. The lowest BCUT2D eigenvalue weighted by molar-refractivity contribution is -0.924. The van der Waals surface area contributed by atoms with E-state index in [4.69, 9.17) is 11.6 Å². The molecule has 4 heteroatoms. The van der Waals surface area contributed by atoms with E-state index in [1.807, 2.05) is 6.92 Å². The van der Waals surface area contributed by atoms with Crippen molar-refractivity contribution in [2.75, 3.05) is 26.2 Å². The van der Waals surface area contributed by atoms with Crippen molar-refractivity contribution in [1.29, 1.82) is 0 Å². The molecule has 2 atom stereocenters. The zero-order chi connectivity index (χ0) is 12.1. The molecule has 0 amide bonds. The van der Waals surface area contributed by atoms with Gasteiger partial charge < -0.3 is 4.48 Å². The summed E-state index contributed by atoms with van der Waals surface area (Å²) in [5.74, 6) is 0. The third-order valence-corrected chi connectivity index (χ3v) is 6.04. The molecule has 0 aromatic carbocycles. The Kier molecular flexibility index (Phi) is 7.38. The highest BCUT2D eigenvalue weighted by molar-refractivity contribution is 9.13. The number of quaternary nitrogens is 1. The lowest BCUT2D eigenvalue weighted by atomic mass is 10.2. The molecule has 0 aliphatic rings. The highest BCUT2D eigenvalue weighted by atomic mass is 79.9. The summed E-state index contributed by atoms with van der Waals surface area (Å²) < 4.78 is 0.787. The molecule has 0 heterocycles. The molecule has 2 unspecified atom stereocenters. The summed E-state index contributed by atoms with van der Waals surface area (Å²) in [6, 6.07) is 0. The number of rotatable bonds is 7. The molecular weight excluding hydrogens is 341 g/mol. The maximum absolute atomic E-state index is 6.26. The van der Waals surface area contributed by atoms with E-state index in [-0.39, 0.29) is 8.61 Å². The van der Waals surface area contributed by atoms with Gasteiger partial charge in [-0.15, -0.1) is 11.6 Å². The van der Waals surface area contributed by atoms with Gasteiger partial charge in [0.05, 0.1) is 31.0 Å². The number of hydrogen-bond donors (Lipinski definition) is 0. The minimum Gasteiger partial charge on any atom is -0.323 e. The largest absolute Gasteiger partial charge is 0.323 e. The van der Waals surface area contributed by atoms with E-state index in [1.54, 1.807) is 0 Å². The van der Waals surface area contributed by atoms with Gasteiger partial charge in [0.15, 0.2) is 0 Å². The van der Waals surface area contributed by atoms with E-state index < -0.39 is 0 Å². The predicted octanol–water partition coefficient (Wildman–Crippen LogP) is 4.37. The Morgan fingerprint density at radius 2 is 1.73 bits per heavy atom. The van der Waals surface area contributed by atoms with E-state index in [0.29, 0.717) is 0 Å². The van der Waals surface area contributed by atoms with Crippen molar-refractivity contribution >= 4 is 43.5 Å². The Bertz CT molecular complexity index is 176. The molecular formula is C11H23Br2ClN+. The highest BCUT2D eigenvalue weighted by Crippen LogP contribution is 2.33. The van der Waals surface area contributed by atoms with Crippen LogP contribution in [0.3, 0.4) is 0 Å². The molecule has 0 aromatic rings. The lowest BCUT2D eigenvalue weighted by Crippen LogP contribution is -2.53. The second kappa shape index (κ2) is 6.83. The molecule has 0 radical (unpaired) electrons. The third kappa shape index (κ3) is 5.38. The summed E-state index contributed by atoms with van der Waals surface area (Å²) in [7, 11) is 0. The molecule has 0 aliphatic heterocycles. The first-order valence-electron chi connectivity index (χ1n) is 5.68. The van der Waals surface area contributed by atoms with Crippen LogP contribution in [-0.4, -0.2) is 39.3 Å². The first kappa shape index (κ1) is 16.2. The highest BCUT2D eigenvalue weighted by Gasteiger charge is 2.35. The number of alkyl halides is 3. The van der Waals surface area contributed by atoms with Gasteiger partial charge in [-0.3, -0.25) is 0 Å². The molecule has 0 aliphatic carbocycles. The zero-order valence-corrected chi connectivity index (χ0v) is 14.1. The summed E-state index contributed by atoms with van der Waals surface area (Å²) in [4.78, 5) is 0.290. The van der Waals surface area contributed by atoms with Crippen molar-refractivity contribution in [3.8, 4) is 0 Å². The smallest absolute Gasteiger partial charge is 0.114 e. The van der Waals surface area contributed by atoms with Crippen LogP contribution in [0.1, 0.15) is 34.1 Å². The van der Waals surface area contributed by atoms with E-state index >= 15 is 0 Å². The van der Waals surface area contributed by atoms with Crippen LogP contribution >= 0.6 is 43.5 Å². The summed E-state index contributed by atoms with van der Waals surface area (Å²) in [6.07, 6.45) is 1.22. The molecule has 0 fully saturated rings. The van der Waals surface area contributed by atoms with Crippen LogP contribution in [0.5, 0.6) is 0 Å². The fourth-order valence-corrected chi connectivity index (χ4v) is 2.69. The quantitative estimate of drug-likeness (QED) is 0.465. The van der Waals surface area contributed by atoms with Gasteiger partial charge in [-0.25, -0.2) is 0 Å². The molecule has 0 saturated heterocycles. The third-order valence-electron chi connectivity index (χ3n) is 3.14. The molecule has 15 heavy (non-hydrogen) atoms. The maximum Gasteiger partial charge on any atom is 0.114 e. The SMILES string of the molecule is CCC[N+](CC)(CC)CC(Br)C(C)(Cl)Br. The fourth-order valence-electron chi connectivity index (χ4n) is 1.86. The predicted molar refractivity (Wildman–Crippen MR) is 77.3 cm³/mol. The van der Waals surface area contributed by atoms with Crippen molar-refractivity contribution < 1.29 is 4.48 Å². The average molecular weight is 365 g/mol. The van der Waals surface area contributed by atoms with Gasteiger partial charge in [0.25, 0.3) is 0 Å². The monoisotopic (exact) mass is 362 g/mol.